The number of aliphatic carboxylic acids is 1. The molecule has 1 aromatic rings. The summed E-state index contributed by atoms with van der Waals surface area (Å²) >= 11 is 0. The number of nitrogens with zero attached hydrogens (tertiary/aromatic N) is 2. The Bertz CT molecular complexity index is 472. The van der Waals surface area contributed by atoms with E-state index in [1.165, 1.54) is 24.4 Å². The Labute approximate surface area is 103 Å². The van der Waals surface area contributed by atoms with Gasteiger partial charge in [0.05, 0.1) is 11.1 Å². The summed E-state index contributed by atoms with van der Waals surface area (Å²) < 4.78 is 0. The third-order valence-electron chi connectivity index (χ3n) is 2.12. The first-order valence-electron chi connectivity index (χ1n) is 5.21. The topological polar surface area (TPSA) is 102 Å². The molecule has 1 unspecified atom stereocenters. The summed E-state index contributed by atoms with van der Waals surface area (Å²) in [4.78, 5) is 25.4. The van der Waals surface area contributed by atoms with Crippen LogP contribution in [-0.4, -0.2) is 28.3 Å². The fraction of sp³-hybridized carbons (Fsp3) is 0.273. The quantitative estimate of drug-likeness (QED) is 0.472. The van der Waals surface area contributed by atoms with Crippen molar-refractivity contribution in [2.24, 2.45) is 5.16 Å². The highest BCUT2D eigenvalue weighted by atomic mass is 16.6. The van der Waals surface area contributed by atoms with Gasteiger partial charge in [0.15, 0.2) is 0 Å². The summed E-state index contributed by atoms with van der Waals surface area (Å²) in [6, 6.07) is 5.77. The minimum absolute atomic E-state index is 0.0655. The molecule has 0 heterocycles. The average molecular weight is 252 g/mol. The second-order valence-corrected chi connectivity index (χ2v) is 3.43. The van der Waals surface area contributed by atoms with Gasteiger partial charge in [0.2, 0.25) is 6.10 Å². The van der Waals surface area contributed by atoms with Crippen molar-refractivity contribution in [2.45, 2.75) is 19.4 Å². The van der Waals surface area contributed by atoms with Gasteiger partial charge in [-0.25, -0.2) is 4.79 Å². The zero-order chi connectivity index (χ0) is 13.5. The zero-order valence-electron chi connectivity index (χ0n) is 9.65. The maximum atomic E-state index is 10.6. The van der Waals surface area contributed by atoms with Crippen LogP contribution in [0.2, 0.25) is 0 Å². The second kappa shape index (κ2) is 6.33. The Morgan fingerprint density at radius 1 is 1.67 bits per heavy atom. The molecule has 18 heavy (non-hydrogen) atoms. The third kappa shape index (κ3) is 3.85. The summed E-state index contributed by atoms with van der Waals surface area (Å²) in [5, 5.41) is 22.7. The van der Waals surface area contributed by atoms with Gasteiger partial charge >= 0.3 is 5.97 Å². The molecule has 0 aromatic heterocycles. The maximum absolute atomic E-state index is 10.6. The Kier molecular flexibility index (Phi) is 4.79. The minimum Gasteiger partial charge on any atom is -0.478 e. The maximum Gasteiger partial charge on any atom is 0.347 e. The second-order valence-electron chi connectivity index (χ2n) is 3.43. The van der Waals surface area contributed by atoms with Crippen molar-refractivity contribution < 1.29 is 19.7 Å². The molecule has 1 rings (SSSR count). The Morgan fingerprint density at radius 2 is 2.39 bits per heavy atom. The van der Waals surface area contributed by atoms with Gasteiger partial charge in [-0.15, -0.1) is 0 Å². The van der Waals surface area contributed by atoms with Crippen LogP contribution in [0.25, 0.3) is 0 Å². The van der Waals surface area contributed by atoms with Crippen molar-refractivity contribution in [1.29, 1.82) is 0 Å². The highest BCUT2D eigenvalue weighted by molar-refractivity contribution is 5.80. The molecule has 0 bridgehead atoms. The fourth-order valence-electron chi connectivity index (χ4n) is 1.18. The molecule has 0 saturated heterocycles. The number of hydrogen-bond acceptors (Lipinski definition) is 5. The van der Waals surface area contributed by atoms with E-state index < -0.39 is 17.0 Å². The van der Waals surface area contributed by atoms with Crippen molar-refractivity contribution in [3.63, 3.8) is 0 Å². The Balaban J connectivity index is 2.69. The number of nitro benzene ring substituents is 1. The molecule has 1 N–H and O–H groups in total. The van der Waals surface area contributed by atoms with E-state index >= 15 is 0 Å². The van der Waals surface area contributed by atoms with Gasteiger partial charge in [-0.05, 0) is 6.42 Å². The molecule has 7 heteroatoms. The van der Waals surface area contributed by atoms with Gasteiger partial charge < -0.3 is 9.94 Å². The van der Waals surface area contributed by atoms with Crippen molar-refractivity contribution in [3.8, 4) is 0 Å². The SMILES string of the molecule is CCC(O/N=C/c1cccc([N+](=O)[O-])c1)C(=O)O. The molecule has 0 amide bonds. The van der Waals surface area contributed by atoms with Crippen LogP contribution in [0.1, 0.15) is 18.9 Å². The number of benzene rings is 1. The van der Waals surface area contributed by atoms with Crippen LogP contribution in [-0.2, 0) is 9.63 Å². The van der Waals surface area contributed by atoms with E-state index in [4.69, 9.17) is 9.94 Å². The normalized spacial score (nSPS) is 12.3. The van der Waals surface area contributed by atoms with Gasteiger partial charge in [-0.2, -0.15) is 0 Å². The first-order valence-corrected chi connectivity index (χ1v) is 5.21. The number of rotatable bonds is 6. The van der Waals surface area contributed by atoms with Crippen molar-refractivity contribution >= 4 is 17.9 Å². The third-order valence-corrected chi connectivity index (χ3v) is 2.12. The zero-order valence-corrected chi connectivity index (χ0v) is 9.65. The largest absolute Gasteiger partial charge is 0.478 e. The van der Waals surface area contributed by atoms with E-state index in [2.05, 4.69) is 5.16 Å². The van der Waals surface area contributed by atoms with Gasteiger partial charge in [-0.3, -0.25) is 10.1 Å². The molecule has 0 radical (unpaired) electrons. The molecule has 0 saturated carbocycles. The molecule has 7 nitrogen and oxygen atoms in total. The molecule has 96 valence electrons. The van der Waals surface area contributed by atoms with Crippen LogP contribution in [0, 0.1) is 10.1 Å². The number of non-ortho nitro benzene ring substituents is 1. The molecule has 0 aliphatic rings. The van der Waals surface area contributed by atoms with Gasteiger partial charge in [0.1, 0.15) is 0 Å². The lowest BCUT2D eigenvalue weighted by molar-refractivity contribution is -0.384. The highest BCUT2D eigenvalue weighted by Crippen LogP contribution is 2.11. The number of oxime groups is 1. The average Bonchev–Trinajstić information content (AvgIpc) is 2.34. The first kappa shape index (κ1) is 13.6. The number of carbonyl (C=O) groups is 1. The summed E-state index contributed by atoms with van der Waals surface area (Å²) in [6.45, 7) is 1.65. The predicted octanol–water partition coefficient (Wildman–Crippen LogP) is 1.81. The molecule has 0 aliphatic heterocycles. The lowest BCUT2D eigenvalue weighted by Crippen LogP contribution is -2.20. The van der Waals surface area contributed by atoms with Crippen molar-refractivity contribution in [1.82, 2.24) is 0 Å². The van der Waals surface area contributed by atoms with Crippen LogP contribution < -0.4 is 0 Å². The monoisotopic (exact) mass is 252 g/mol. The molecule has 1 aromatic carbocycles. The molecular formula is C11H12N2O5. The van der Waals surface area contributed by atoms with E-state index in [0.717, 1.165) is 0 Å². The first-order chi connectivity index (χ1) is 8.54. The summed E-state index contributed by atoms with van der Waals surface area (Å²) in [5.74, 6) is -1.10. The molecule has 0 spiro atoms. The van der Waals surface area contributed by atoms with Crippen molar-refractivity contribution in [2.75, 3.05) is 0 Å². The van der Waals surface area contributed by atoms with Crippen LogP contribution >= 0.6 is 0 Å². The fourth-order valence-corrected chi connectivity index (χ4v) is 1.18. The standard InChI is InChI=1S/C11H12N2O5/c1-2-10(11(14)15)18-12-7-8-4-3-5-9(6-8)13(16)17/h3-7,10H,2H2,1H3,(H,14,15)/b12-7+. The lowest BCUT2D eigenvalue weighted by Gasteiger charge is -2.06. The van der Waals surface area contributed by atoms with Gasteiger partial charge in [-0.1, -0.05) is 24.2 Å². The van der Waals surface area contributed by atoms with Crippen LogP contribution in [0.5, 0.6) is 0 Å². The lowest BCUT2D eigenvalue weighted by atomic mass is 10.2. The Morgan fingerprint density at radius 3 is 2.94 bits per heavy atom. The van der Waals surface area contributed by atoms with Gasteiger partial charge in [0, 0.05) is 17.7 Å². The smallest absolute Gasteiger partial charge is 0.347 e. The van der Waals surface area contributed by atoms with E-state index in [1.54, 1.807) is 13.0 Å². The number of carboxylic acid groups (broad SMARTS) is 1. The summed E-state index contributed by atoms with van der Waals surface area (Å²) in [6.07, 6.45) is 0.500. The van der Waals surface area contributed by atoms with Gasteiger partial charge in [0.25, 0.3) is 5.69 Å². The summed E-state index contributed by atoms with van der Waals surface area (Å²) in [5.41, 5.74) is 0.397. The number of hydrogen-bond donors (Lipinski definition) is 1. The van der Waals surface area contributed by atoms with Crippen LogP contribution in [0.4, 0.5) is 5.69 Å². The van der Waals surface area contributed by atoms with E-state index in [9.17, 15) is 14.9 Å². The molecule has 0 fully saturated rings. The van der Waals surface area contributed by atoms with E-state index in [-0.39, 0.29) is 12.1 Å². The number of carboxylic acids is 1. The van der Waals surface area contributed by atoms with E-state index in [0.29, 0.717) is 5.56 Å². The van der Waals surface area contributed by atoms with Crippen molar-refractivity contribution in [3.05, 3.63) is 39.9 Å². The predicted molar refractivity (Wildman–Crippen MR) is 63.5 cm³/mol. The highest BCUT2D eigenvalue weighted by Gasteiger charge is 2.15. The minimum atomic E-state index is -1.10. The van der Waals surface area contributed by atoms with Crippen LogP contribution in [0.3, 0.4) is 0 Å². The number of nitro groups is 1. The molecule has 1 atom stereocenters. The molecular weight excluding hydrogens is 240 g/mol. The summed E-state index contributed by atoms with van der Waals surface area (Å²) in [7, 11) is 0. The van der Waals surface area contributed by atoms with E-state index in [1.807, 2.05) is 0 Å². The van der Waals surface area contributed by atoms with Crippen LogP contribution in [0.15, 0.2) is 29.4 Å². The Hall–Kier alpha value is -2.44. The molecule has 0 aliphatic carbocycles.